The number of fused-ring (bicyclic) bond motifs is 5. The second kappa shape index (κ2) is 5.17. The van der Waals surface area contributed by atoms with Crippen LogP contribution >= 0.6 is 0 Å². The zero-order valence-electron chi connectivity index (χ0n) is 10.9. The van der Waals surface area contributed by atoms with Crippen LogP contribution in [-0.2, 0) is 9.53 Å². The van der Waals surface area contributed by atoms with E-state index in [1.54, 1.807) is 0 Å². The van der Waals surface area contributed by atoms with Gasteiger partial charge in [-0.25, -0.2) is 0 Å². The van der Waals surface area contributed by atoms with Crippen molar-refractivity contribution in [2.75, 3.05) is 26.3 Å². The van der Waals surface area contributed by atoms with Gasteiger partial charge in [-0.05, 0) is 49.4 Å². The molecular formula is C14H24N2O2. The van der Waals surface area contributed by atoms with Crippen molar-refractivity contribution in [3.63, 3.8) is 0 Å². The summed E-state index contributed by atoms with van der Waals surface area (Å²) < 4.78 is 5.28. The van der Waals surface area contributed by atoms with Crippen LogP contribution in [0, 0.1) is 29.6 Å². The predicted octanol–water partition coefficient (Wildman–Crippen LogP) is 0.760. The molecule has 3 aliphatic rings. The highest BCUT2D eigenvalue weighted by Gasteiger charge is 2.67. The molecule has 1 amide bonds. The maximum Gasteiger partial charge on any atom is 0.223 e. The SMILES string of the molecule is NCCOCCCNC(=O)C1C2C3CCC(C3)C12. The number of ether oxygens (including phenoxy) is 1. The fourth-order valence-electron chi connectivity index (χ4n) is 4.36. The highest BCUT2D eigenvalue weighted by atomic mass is 16.5. The van der Waals surface area contributed by atoms with E-state index in [-0.39, 0.29) is 0 Å². The van der Waals surface area contributed by atoms with E-state index in [0.29, 0.717) is 31.6 Å². The molecule has 3 aliphatic carbocycles. The predicted molar refractivity (Wildman–Crippen MR) is 68.8 cm³/mol. The normalized spacial score (nSPS) is 39.7. The summed E-state index contributed by atoms with van der Waals surface area (Å²) in [5.74, 6) is 3.92. The zero-order valence-corrected chi connectivity index (χ0v) is 10.9. The zero-order chi connectivity index (χ0) is 12.5. The van der Waals surface area contributed by atoms with Gasteiger partial charge in [-0.15, -0.1) is 0 Å². The lowest BCUT2D eigenvalue weighted by Crippen LogP contribution is -2.29. The van der Waals surface area contributed by atoms with Crippen molar-refractivity contribution in [1.29, 1.82) is 0 Å². The molecule has 0 aromatic rings. The van der Waals surface area contributed by atoms with Crippen molar-refractivity contribution in [3.05, 3.63) is 0 Å². The first-order chi connectivity index (χ1) is 8.83. The molecule has 0 aliphatic heterocycles. The molecule has 3 rings (SSSR count). The van der Waals surface area contributed by atoms with Crippen LogP contribution < -0.4 is 11.1 Å². The molecule has 0 aromatic carbocycles. The molecule has 4 nitrogen and oxygen atoms in total. The third-order valence-electron chi connectivity index (χ3n) is 5.06. The molecule has 0 heterocycles. The Balaban J connectivity index is 1.32. The molecule has 3 N–H and O–H groups in total. The molecule has 0 aromatic heterocycles. The maximum atomic E-state index is 12.1. The minimum Gasteiger partial charge on any atom is -0.380 e. The van der Waals surface area contributed by atoms with Crippen LogP contribution in [-0.4, -0.2) is 32.2 Å². The largest absolute Gasteiger partial charge is 0.380 e. The molecule has 2 bridgehead atoms. The summed E-state index contributed by atoms with van der Waals surface area (Å²) in [4.78, 5) is 12.1. The second-order valence-electron chi connectivity index (χ2n) is 6.06. The smallest absolute Gasteiger partial charge is 0.223 e. The number of carbonyl (C=O) groups excluding carboxylic acids is 1. The van der Waals surface area contributed by atoms with E-state index in [0.717, 1.165) is 36.6 Å². The van der Waals surface area contributed by atoms with Gasteiger partial charge in [0.25, 0.3) is 0 Å². The highest BCUT2D eigenvalue weighted by molar-refractivity contribution is 5.82. The lowest BCUT2D eigenvalue weighted by Gasteiger charge is -2.09. The number of carbonyl (C=O) groups is 1. The van der Waals surface area contributed by atoms with Gasteiger partial charge >= 0.3 is 0 Å². The summed E-state index contributed by atoms with van der Waals surface area (Å²) in [5.41, 5.74) is 5.33. The number of rotatable bonds is 7. The summed E-state index contributed by atoms with van der Waals surface area (Å²) in [5, 5.41) is 3.07. The van der Waals surface area contributed by atoms with Crippen molar-refractivity contribution in [2.24, 2.45) is 35.3 Å². The lowest BCUT2D eigenvalue weighted by molar-refractivity contribution is -0.123. The first-order valence-electron chi connectivity index (χ1n) is 7.38. The van der Waals surface area contributed by atoms with Crippen LogP contribution in [0.25, 0.3) is 0 Å². The molecule has 4 atom stereocenters. The van der Waals surface area contributed by atoms with E-state index in [2.05, 4.69) is 5.32 Å². The third-order valence-corrected chi connectivity index (χ3v) is 5.06. The number of nitrogens with one attached hydrogen (secondary N) is 1. The van der Waals surface area contributed by atoms with E-state index >= 15 is 0 Å². The van der Waals surface area contributed by atoms with Crippen molar-refractivity contribution in [2.45, 2.75) is 25.7 Å². The molecule has 0 saturated heterocycles. The Bertz CT molecular complexity index is 305. The van der Waals surface area contributed by atoms with Crippen LogP contribution in [0.5, 0.6) is 0 Å². The minimum absolute atomic E-state index is 0.306. The van der Waals surface area contributed by atoms with Gasteiger partial charge in [0, 0.05) is 25.6 Å². The summed E-state index contributed by atoms with van der Waals surface area (Å²) in [7, 11) is 0. The van der Waals surface area contributed by atoms with Gasteiger partial charge in [0.15, 0.2) is 0 Å². The van der Waals surface area contributed by atoms with E-state index in [1.165, 1.54) is 19.3 Å². The van der Waals surface area contributed by atoms with E-state index in [9.17, 15) is 4.79 Å². The van der Waals surface area contributed by atoms with Crippen LogP contribution in [0.1, 0.15) is 25.7 Å². The summed E-state index contributed by atoms with van der Waals surface area (Å²) in [6, 6.07) is 0. The number of hydrogen-bond donors (Lipinski definition) is 2. The van der Waals surface area contributed by atoms with Gasteiger partial charge in [-0.3, -0.25) is 4.79 Å². The molecule has 4 heteroatoms. The average Bonchev–Trinajstić information content (AvgIpc) is 2.82. The van der Waals surface area contributed by atoms with E-state index < -0.39 is 0 Å². The Labute approximate surface area is 109 Å². The van der Waals surface area contributed by atoms with E-state index in [1.807, 2.05) is 0 Å². The number of amides is 1. The topological polar surface area (TPSA) is 64.3 Å². The molecule has 18 heavy (non-hydrogen) atoms. The van der Waals surface area contributed by atoms with Gasteiger partial charge in [0.1, 0.15) is 0 Å². The first kappa shape index (κ1) is 12.4. The van der Waals surface area contributed by atoms with Crippen LogP contribution in [0.4, 0.5) is 0 Å². The highest BCUT2D eigenvalue weighted by Crippen LogP contribution is 2.69. The molecule has 3 saturated carbocycles. The maximum absolute atomic E-state index is 12.1. The Hall–Kier alpha value is -0.610. The second-order valence-corrected chi connectivity index (χ2v) is 6.06. The van der Waals surface area contributed by atoms with Crippen molar-refractivity contribution < 1.29 is 9.53 Å². The van der Waals surface area contributed by atoms with Crippen molar-refractivity contribution >= 4 is 5.91 Å². The number of hydrogen-bond acceptors (Lipinski definition) is 3. The van der Waals surface area contributed by atoms with Crippen LogP contribution in [0.2, 0.25) is 0 Å². The Morgan fingerprint density at radius 3 is 2.61 bits per heavy atom. The molecule has 3 fully saturated rings. The summed E-state index contributed by atoms with van der Waals surface area (Å²) >= 11 is 0. The summed E-state index contributed by atoms with van der Waals surface area (Å²) in [6.45, 7) is 2.62. The lowest BCUT2D eigenvalue weighted by atomic mass is 10.0. The molecule has 4 unspecified atom stereocenters. The third kappa shape index (κ3) is 2.16. The molecule has 0 radical (unpaired) electrons. The van der Waals surface area contributed by atoms with Gasteiger partial charge in [0.05, 0.1) is 6.61 Å². The fraction of sp³-hybridized carbons (Fsp3) is 0.929. The van der Waals surface area contributed by atoms with Gasteiger partial charge < -0.3 is 15.8 Å². The standard InChI is InChI=1S/C14H24N2O2/c15-4-7-18-6-1-5-16-14(17)13-11-9-2-3-10(8-9)12(11)13/h9-13H,1-8,15H2,(H,16,17). The average molecular weight is 252 g/mol. The number of nitrogens with two attached hydrogens (primary N) is 1. The fourth-order valence-corrected chi connectivity index (χ4v) is 4.36. The Kier molecular flexibility index (Phi) is 3.57. The Morgan fingerprint density at radius 1 is 1.22 bits per heavy atom. The van der Waals surface area contributed by atoms with Gasteiger partial charge in [0.2, 0.25) is 5.91 Å². The quantitative estimate of drug-likeness (QED) is 0.658. The monoisotopic (exact) mass is 252 g/mol. The van der Waals surface area contributed by atoms with E-state index in [4.69, 9.17) is 10.5 Å². The Morgan fingerprint density at radius 2 is 1.94 bits per heavy atom. The van der Waals surface area contributed by atoms with Crippen LogP contribution in [0.3, 0.4) is 0 Å². The minimum atomic E-state index is 0.306. The molecule has 102 valence electrons. The van der Waals surface area contributed by atoms with Gasteiger partial charge in [-0.2, -0.15) is 0 Å². The van der Waals surface area contributed by atoms with Crippen LogP contribution in [0.15, 0.2) is 0 Å². The summed E-state index contributed by atoms with van der Waals surface area (Å²) in [6.07, 6.45) is 5.05. The van der Waals surface area contributed by atoms with Crippen molar-refractivity contribution in [3.8, 4) is 0 Å². The first-order valence-corrected chi connectivity index (χ1v) is 7.38. The van der Waals surface area contributed by atoms with Gasteiger partial charge in [-0.1, -0.05) is 0 Å². The molecule has 0 spiro atoms. The van der Waals surface area contributed by atoms with Crippen molar-refractivity contribution in [1.82, 2.24) is 5.32 Å². The molecular weight excluding hydrogens is 228 g/mol.